The second-order valence-electron chi connectivity index (χ2n) is 4.29. The molecule has 0 aliphatic heterocycles. The summed E-state index contributed by atoms with van der Waals surface area (Å²) in [5.74, 6) is 1.86. The smallest absolute Gasteiger partial charge is 0.203 e. The number of nitrogens with zero attached hydrogens (tertiary/aromatic N) is 2. The predicted octanol–water partition coefficient (Wildman–Crippen LogP) is 2.59. The average Bonchev–Trinajstić information content (AvgIpc) is 2.43. The number of hydrogen-bond acceptors (Lipinski definition) is 2. The molecule has 0 radical (unpaired) electrons. The lowest BCUT2D eigenvalue weighted by molar-refractivity contribution is 0.224. The Balaban J connectivity index is 2.20. The first-order chi connectivity index (χ1) is 6.72. The molecule has 0 amide bonds. The Morgan fingerprint density at radius 1 is 1.57 bits per heavy atom. The Kier molecular flexibility index (Phi) is 2.48. The first kappa shape index (κ1) is 9.56. The molecule has 1 fully saturated rings. The molecule has 0 bridgehead atoms. The summed E-state index contributed by atoms with van der Waals surface area (Å²) in [6.07, 6.45) is 6.30. The van der Waals surface area contributed by atoms with Gasteiger partial charge < -0.3 is 9.88 Å². The number of rotatable bonds is 3. The van der Waals surface area contributed by atoms with Crippen molar-refractivity contribution in [1.29, 1.82) is 0 Å². The molecule has 1 aliphatic rings. The lowest BCUT2D eigenvalue weighted by atomic mass is 9.80. The van der Waals surface area contributed by atoms with Crippen LogP contribution in [0.2, 0.25) is 0 Å². The van der Waals surface area contributed by atoms with Crippen molar-refractivity contribution in [2.75, 3.05) is 12.4 Å². The third kappa shape index (κ3) is 1.51. The highest BCUT2D eigenvalue weighted by molar-refractivity contribution is 5.28. The average molecular weight is 193 g/mol. The molecule has 0 spiro atoms. The van der Waals surface area contributed by atoms with Crippen molar-refractivity contribution < 1.29 is 0 Å². The van der Waals surface area contributed by atoms with Crippen LogP contribution in [0.3, 0.4) is 0 Å². The molecule has 0 saturated heterocycles. The number of aromatic nitrogens is 2. The zero-order valence-corrected chi connectivity index (χ0v) is 9.25. The van der Waals surface area contributed by atoms with Gasteiger partial charge >= 0.3 is 0 Å². The highest BCUT2D eigenvalue weighted by Gasteiger charge is 2.26. The summed E-state index contributed by atoms with van der Waals surface area (Å²) in [6, 6.07) is 0.590. The number of imidazole rings is 1. The van der Waals surface area contributed by atoms with Crippen LogP contribution in [0.5, 0.6) is 0 Å². The predicted molar refractivity (Wildman–Crippen MR) is 58.6 cm³/mol. The molecule has 1 aromatic heterocycles. The van der Waals surface area contributed by atoms with Gasteiger partial charge in [-0.2, -0.15) is 0 Å². The maximum atomic E-state index is 4.44. The molecular weight excluding hydrogens is 174 g/mol. The fourth-order valence-electron chi connectivity index (χ4n) is 2.16. The van der Waals surface area contributed by atoms with Gasteiger partial charge in [0.15, 0.2) is 0 Å². The summed E-state index contributed by atoms with van der Waals surface area (Å²) < 4.78 is 2.28. The first-order valence-corrected chi connectivity index (χ1v) is 5.45. The van der Waals surface area contributed by atoms with E-state index in [0.29, 0.717) is 6.04 Å². The Bertz CT molecular complexity index is 312. The van der Waals surface area contributed by atoms with Crippen molar-refractivity contribution in [1.82, 2.24) is 9.55 Å². The molecule has 1 aromatic rings. The van der Waals surface area contributed by atoms with Gasteiger partial charge in [0.05, 0.1) is 5.69 Å². The molecule has 1 N–H and O–H groups in total. The van der Waals surface area contributed by atoms with Crippen LogP contribution in [0, 0.1) is 12.8 Å². The van der Waals surface area contributed by atoms with Crippen molar-refractivity contribution >= 4 is 5.95 Å². The molecule has 0 aromatic carbocycles. The van der Waals surface area contributed by atoms with Crippen LogP contribution in [0.15, 0.2) is 6.20 Å². The fourth-order valence-corrected chi connectivity index (χ4v) is 2.16. The fraction of sp³-hybridized carbons (Fsp3) is 0.727. The van der Waals surface area contributed by atoms with Gasteiger partial charge in [-0.05, 0) is 32.6 Å². The largest absolute Gasteiger partial charge is 0.359 e. The molecular formula is C11H19N3. The van der Waals surface area contributed by atoms with Gasteiger partial charge in [-0.25, -0.2) is 4.98 Å². The second kappa shape index (κ2) is 3.64. The van der Waals surface area contributed by atoms with Gasteiger partial charge in [-0.3, -0.25) is 0 Å². The van der Waals surface area contributed by atoms with E-state index in [9.17, 15) is 0 Å². The summed E-state index contributed by atoms with van der Waals surface area (Å²) in [5.41, 5.74) is 1.10. The summed E-state index contributed by atoms with van der Waals surface area (Å²) >= 11 is 0. The van der Waals surface area contributed by atoms with Crippen LogP contribution < -0.4 is 5.32 Å². The number of nitrogens with one attached hydrogen (secondary N) is 1. The molecule has 14 heavy (non-hydrogen) atoms. The number of anilines is 1. The van der Waals surface area contributed by atoms with E-state index in [1.807, 2.05) is 14.0 Å². The molecule has 3 heteroatoms. The van der Waals surface area contributed by atoms with Crippen LogP contribution in [-0.2, 0) is 0 Å². The summed E-state index contributed by atoms with van der Waals surface area (Å²) in [5, 5.41) is 3.15. The minimum atomic E-state index is 0.590. The highest BCUT2D eigenvalue weighted by atomic mass is 15.2. The van der Waals surface area contributed by atoms with Crippen molar-refractivity contribution in [3.05, 3.63) is 11.9 Å². The number of aryl methyl sites for hydroxylation is 1. The van der Waals surface area contributed by atoms with Gasteiger partial charge in [0.1, 0.15) is 0 Å². The monoisotopic (exact) mass is 193 g/mol. The second-order valence-corrected chi connectivity index (χ2v) is 4.29. The molecule has 1 saturated carbocycles. The summed E-state index contributed by atoms with van der Waals surface area (Å²) in [7, 11) is 1.94. The Morgan fingerprint density at radius 2 is 2.29 bits per heavy atom. The van der Waals surface area contributed by atoms with E-state index < -0.39 is 0 Å². The summed E-state index contributed by atoms with van der Waals surface area (Å²) in [4.78, 5) is 4.44. The lowest BCUT2D eigenvalue weighted by Gasteiger charge is -2.32. The van der Waals surface area contributed by atoms with Crippen LogP contribution in [0.25, 0.3) is 0 Å². The van der Waals surface area contributed by atoms with E-state index in [0.717, 1.165) is 17.6 Å². The van der Waals surface area contributed by atoms with E-state index in [1.54, 1.807) is 0 Å². The Hall–Kier alpha value is -0.990. The normalized spacial score (nSPS) is 19.1. The van der Waals surface area contributed by atoms with Gasteiger partial charge in [-0.1, -0.05) is 6.42 Å². The van der Waals surface area contributed by atoms with E-state index in [-0.39, 0.29) is 0 Å². The van der Waals surface area contributed by atoms with Crippen molar-refractivity contribution in [3.8, 4) is 0 Å². The minimum absolute atomic E-state index is 0.590. The van der Waals surface area contributed by atoms with Crippen LogP contribution in [-0.4, -0.2) is 16.6 Å². The SMILES string of the molecule is CNc1nc(C)cn1C(C)C1CCC1. The van der Waals surface area contributed by atoms with Gasteiger partial charge in [0, 0.05) is 19.3 Å². The third-order valence-corrected chi connectivity index (χ3v) is 3.35. The lowest BCUT2D eigenvalue weighted by Crippen LogP contribution is -2.23. The van der Waals surface area contributed by atoms with E-state index >= 15 is 0 Å². The zero-order valence-electron chi connectivity index (χ0n) is 9.25. The van der Waals surface area contributed by atoms with Crippen LogP contribution >= 0.6 is 0 Å². The maximum absolute atomic E-state index is 4.44. The highest BCUT2D eigenvalue weighted by Crippen LogP contribution is 2.37. The molecule has 1 aliphatic carbocycles. The molecule has 78 valence electrons. The topological polar surface area (TPSA) is 29.9 Å². The summed E-state index contributed by atoms with van der Waals surface area (Å²) in [6.45, 7) is 4.34. The van der Waals surface area contributed by atoms with Gasteiger partial charge in [-0.15, -0.1) is 0 Å². The van der Waals surface area contributed by atoms with E-state index in [4.69, 9.17) is 0 Å². The zero-order chi connectivity index (χ0) is 10.1. The minimum Gasteiger partial charge on any atom is -0.359 e. The maximum Gasteiger partial charge on any atom is 0.203 e. The van der Waals surface area contributed by atoms with Crippen molar-refractivity contribution in [2.24, 2.45) is 5.92 Å². The quantitative estimate of drug-likeness (QED) is 0.799. The van der Waals surface area contributed by atoms with Crippen LogP contribution in [0.4, 0.5) is 5.95 Å². The standard InChI is InChI=1S/C11H19N3/c1-8-7-14(11(12-3)13-8)9(2)10-5-4-6-10/h7,9-10H,4-6H2,1-3H3,(H,12,13). The van der Waals surface area contributed by atoms with Gasteiger partial charge in [0.2, 0.25) is 5.95 Å². The van der Waals surface area contributed by atoms with Crippen LogP contribution in [0.1, 0.15) is 37.9 Å². The molecule has 1 unspecified atom stereocenters. The van der Waals surface area contributed by atoms with Crippen molar-refractivity contribution in [3.63, 3.8) is 0 Å². The molecule has 2 rings (SSSR count). The number of hydrogen-bond donors (Lipinski definition) is 1. The Morgan fingerprint density at radius 3 is 2.79 bits per heavy atom. The van der Waals surface area contributed by atoms with E-state index in [1.165, 1.54) is 19.3 Å². The van der Waals surface area contributed by atoms with Gasteiger partial charge in [0.25, 0.3) is 0 Å². The third-order valence-electron chi connectivity index (χ3n) is 3.35. The Labute approximate surface area is 85.5 Å². The molecule has 3 nitrogen and oxygen atoms in total. The first-order valence-electron chi connectivity index (χ1n) is 5.45. The van der Waals surface area contributed by atoms with E-state index in [2.05, 4.69) is 28.0 Å². The van der Waals surface area contributed by atoms with Crippen molar-refractivity contribution in [2.45, 2.75) is 39.2 Å². The molecule has 1 heterocycles. The molecule has 1 atom stereocenters.